The maximum absolute atomic E-state index is 12.1. The molecule has 0 unspecified atom stereocenters. The maximum atomic E-state index is 12.1. The zero-order chi connectivity index (χ0) is 16.4. The van der Waals surface area contributed by atoms with Gasteiger partial charge in [0.05, 0.1) is 5.56 Å². The van der Waals surface area contributed by atoms with Crippen molar-refractivity contribution in [1.82, 2.24) is 15.1 Å². The number of amides is 3. The lowest BCUT2D eigenvalue weighted by Gasteiger charge is -2.09. The van der Waals surface area contributed by atoms with E-state index in [0.29, 0.717) is 10.0 Å². The third-order valence-corrected chi connectivity index (χ3v) is 3.95. The van der Waals surface area contributed by atoms with Gasteiger partial charge < -0.3 is 4.42 Å². The topological polar surface area (TPSA) is 105 Å². The van der Waals surface area contributed by atoms with Gasteiger partial charge in [-0.2, -0.15) is 0 Å². The Morgan fingerprint density at radius 1 is 1.22 bits per heavy atom. The van der Waals surface area contributed by atoms with Crippen molar-refractivity contribution in [3.63, 3.8) is 0 Å². The zero-order valence-corrected chi connectivity index (χ0v) is 13.4. The van der Waals surface area contributed by atoms with E-state index in [1.54, 1.807) is 24.3 Å². The maximum Gasteiger partial charge on any atom is 0.322 e. The smallest absolute Gasteiger partial charge is 0.322 e. The number of rotatable bonds is 4. The van der Waals surface area contributed by atoms with E-state index in [9.17, 15) is 14.4 Å². The van der Waals surface area contributed by atoms with E-state index in [4.69, 9.17) is 4.42 Å². The number of anilines is 1. The number of benzene rings is 1. The molecule has 0 aliphatic carbocycles. The fraction of sp³-hybridized carbons (Fsp3) is 0.214. The van der Waals surface area contributed by atoms with Gasteiger partial charge in [0.1, 0.15) is 6.54 Å². The Hall–Kier alpha value is -2.55. The molecular weight excluding hydrogens is 368 g/mol. The van der Waals surface area contributed by atoms with Gasteiger partial charge in [-0.1, -0.05) is 17.2 Å². The van der Waals surface area contributed by atoms with Gasteiger partial charge in [0.25, 0.3) is 5.91 Å². The van der Waals surface area contributed by atoms with Gasteiger partial charge in [-0.25, -0.2) is 0 Å². The molecule has 0 spiro atoms. The van der Waals surface area contributed by atoms with Gasteiger partial charge >= 0.3 is 6.01 Å². The highest BCUT2D eigenvalue weighted by Gasteiger charge is 2.30. The van der Waals surface area contributed by atoms with Gasteiger partial charge in [0.15, 0.2) is 0 Å². The van der Waals surface area contributed by atoms with Crippen LogP contribution in [0.1, 0.15) is 29.1 Å². The van der Waals surface area contributed by atoms with Crippen LogP contribution in [-0.4, -0.2) is 32.8 Å². The van der Waals surface area contributed by atoms with Gasteiger partial charge in [-0.3, -0.25) is 24.6 Å². The summed E-state index contributed by atoms with van der Waals surface area (Å²) in [7, 11) is 0. The second-order valence-corrected chi connectivity index (χ2v) is 5.66. The predicted octanol–water partition coefficient (Wildman–Crippen LogP) is 1.73. The van der Waals surface area contributed by atoms with Gasteiger partial charge in [0, 0.05) is 17.3 Å². The minimum absolute atomic E-state index is 0.0797. The summed E-state index contributed by atoms with van der Waals surface area (Å²) in [5, 5.41) is 9.89. The minimum Gasteiger partial charge on any atom is -0.406 e. The van der Waals surface area contributed by atoms with Crippen molar-refractivity contribution in [1.29, 1.82) is 0 Å². The minimum atomic E-state index is -0.416. The SMILES string of the molecule is O=C(Nc1nnc(CN2C(=O)CCC2=O)o1)c1ccccc1Br. The Morgan fingerprint density at radius 3 is 2.61 bits per heavy atom. The number of likely N-dealkylation sites (tertiary alicyclic amines) is 1. The number of aromatic nitrogens is 2. The second-order valence-electron chi connectivity index (χ2n) is 4.81. The van der Waals surface area contributed by atoms with E-state index in [-0.39, 0.29) is 43.1 Å². The molecule has 0 radical (unpaired) electrons. The molecule has 1 aromatic heterocycles. The molecule has 23 heavy (non-hydrogen) atoms. The van der Waals surface area contributed by atoms with E-state index in [1.807, 2.05) is 0 Å². The van der Waals surface area contributed by atoms with Crippen LogP contribution in [0, 0.1) is 0 Å². The molecule has 0 saturated carbocycles. The lowest BCUT2D eigenvalue weighted by molar-refractivity contribution is -0.139. The lowest BCUT2D eigenvalue weighted by Crippen LogP contribution is -2.28. The molecule has 0 bridgehead atoms. The molecule has 1 saturated heterocycles. The van der Waals surface area contributed by atoms with Crippen molar-refractivity contribution in [2.75, 3.05) is 5.32 Å². The van der Waals surface area contributed by atoms with Crippen LogP contribution in [0.3, 0.4) is 0 Å². The summed E-state index contributed by atoms with van der Waals surface area (Å²) in [6.45, 7) is -0.0877. The Bertz CT molecular complexity index is 773. The second kappa shape index (κ2) is 6.29. The molecule has 1 aliphatic heterocycles. The number of nitrogens with zero attached hydrogens (tertiary/aromatic N) is 3. The number of carbonyl (C=O) groups is 3. The molecule has 8 nitrogen and oxygen atoms in total. The molecule has 9 heteroatoms. The lowest BCUT2D eigenvalue weighted by atomic mass is 10.2. The Balaban J connectivity index is 1.68. The Labute approximate surface area is 139 Å². The molecule has 118 valence electrons. The third kappa shape index (κ3) is 3.29. The van der Waals surface area contributed by atoms with Crippen molar-refractivity contribution >= 4 is 39.7 Å². The number of halogens is 1. The first-order valence-corrected chi connectivity index (χ1v) is 7.55. The fourth-order valence-electron chi connectivity index (χ4n) is 2.11. The summed E-state index contributed by atoms with van der Waals surface area (Å²) in [6.07, 6.45) is 0.386. The van der Waals surface area contributed by atoms with Crippen LogP contribution in [0.2, 0.25) is 0 Å². The fourth-order valence-corrected chi connectivity index (χ4v) is 2.58. The molecule has 1 aliphatic rings. The quantitative estimate of drug-likeness (QED) is 0.812. The first-order chi connectivity index (χ1) is 11.0. The molecule has 3 rings (SSSR count). The van der Waals surface area contributed by atoms with Crippen molar-refractivity contribution in [3.05, 3.63) is 40.2 Å². The summed E-state index contributed by atoms with van der Waals surface area (Å²) in [4.78, 5) is 36.2. The van der Waals surface area contributed by atoms with Crippen LogP contribution in [0.15, 0.2) is 33.2 Å². The molecule has 3 amide bonds. The summed E-state index contributed by atoms with van der Waals surface area (Å²) in [6, 6.07) is 6.79. The van der Waals surface area contributed by atoms with Crippen molar-refractivity contribution in [2.24, 2.45) is 0 Å². The normalized spacial score (nSPS) is 14.4. The first-order valence-electron chi connectivity index (χ1n) is 6.76. The summed E-state index contributed by atoms with van der Waals surface area (Å²) >= 11 is 3.28. The molecule has 2 aromatic rings. The van der Waals surface area contributed by atoms with Crippen molar-refractivity contribution in [3.8, 4) is 0 Å². The number of hydrogen-bond donors (Lipinski definition) is 1. The summed E-state index contributed by atoms with van der Waals surface area (Å²) in [5.74, 6) is -0.879. The Kier molecular flexibility index (Phi) is 4.20. The Morgan fingerprint density at radius 2 is 1.91 bits per heavy atom. The third-order valence-electron chi connectivity index (χ3n) is 3.25. The molecule has 2 heterocycles. The van der Waals surface area contributed by atoms with Gasteiger partial charge in [-0.15, -0.1) is 5.10 Å². The van der Waals surface area contributed by atoms with Crippen molar-refractivity contribution < 1.29 is 18.8 Å². The highest BCUT2D eigenvalue weighted by molar-refractivity contribution is 9.10. The average Bonchev–Trinajstić information content (AvgIpc) is 3.09. The highest BCUT2D eigenvalue weighted by Crippen LogP contribution is 2.19. The van der Waals surface area contributed by atoms with E-state index in [0.717, 1.165) is 4.90 Å². The van der Waals surface area contributed by atoms with E-state index < -0.39 is 5.91 Å². The molecule has 1 N–H and O–H groups in total. The largest absolute Gasteiger partial charge is 0.406 e. The van der Waals surface area contributed by atoms with Crippen molar-refractivity contribution in [2.45, 2.75) is 19.4 Å². The van der Waals surface area contributed by atoms with Crippen LogP contribution >= 0.6 is 15.9 Å². The van der Waals surface area contributed by atoms with Gasteiger partial charge in [0.2, 0.25) is 17.7 Å². The van der Waals surface area contributed by atoms with Crippen LogP contribution in [0.25, 0.3) is 0 Å². The highest BCUT2D eigenvalue weighted by atomic mass is 79.9. The van der Waals surface area contributed by atoms with Crippen LogP contribution in [-0.2, 0) is 16.1 Å². The number of nitrogens with one attached hydrogen (secondary N) is 1. The van der Waals surface area contributed by atoms with E-state index in [2.05, 4.69) is 31.4 Å². The average molecular weight is 379 g/mol. The molecule has 1 aromatic carbocycles. The summed E-state index contributed by atoms with van der Waals surface area (Å²) < 4.78 is 5.89. The van der Waals surface area contributed by atoms with Crippen LogP contribution in [0.4, 0.5) is 6.01 Å². The molecule has 1 fully saturated rings. The van der Waals surface area contributed by atoms with E-state index >= 15 is 0 Å². The number of imide groups is 1. The monoisotopic (exact) mass is 378 g/mol. The van der Waals surface area contributed by atoms with Crippen LogP contribution in [0.5, 0.6) is 0 Å². The van der Waals surface area contributed by atoms with Crippen LogP contribution < -0.4 is 5.32 Å². The number of carbonyl (C=O) groups excluding carboxylic acids is 3. The first kappa shape index (κ1) is 15.3. The predicted molar refractivity (Wildman–Crippen MR) is 81.2 cm³/mol. The molecule has 0 atom stereocenters. The van der Waals surface area contributed by atoms with E-state index in [1.165, 1.54) is 0 Å². The molecular formula is C14H11BrN4O4. The standard InChI is InChI=1S/C14H11BrN4O4/c15-9-4-2-1-3-8(9)13(22)16-14-18-17-10(23-14)7-19-11(20)5-6-12(19)21/h1-4H,5-7H2,(H,16,18,22). The number of hydrogen-bond acceptors (Lipinski definition) is 6. The zero-order valence-electron chi connectivity index (χ0n) is 11.8. The summed E-state index contributed by atoms with van der Waals surface area (Å²) in [5.41, 5.74) is 0.414. The van der Waals surface area contributed by atoms with Gasteiger partial charge in [-0.05, 0) is 28.1 Å².